The molecule has 0 radical (unpaired) electrons. The van der Waals surface area contributed by atoms with Crippen molar-refractivity contribution >= 4 is 87.5 Å². The van der Waals surface area contributed by atoms with Gasteiger partial charge in [-0.2, -0.15) is 0 Å². The average molecular weight is 561 g/mol. The summed E-state index contributed by atoms with van der Waals surface area (Å²) >= 11 is 34.9. The van der Waals surface area contributed by atoms with Crippen molar-refractivity contribution in [1.29, 1.82) is 0 Å². The van der Waals surface area contributed by atoms with Gasteiger partial charge in [0.05, 0.1) is 13.2 Å². The summed E-state index contributed by atoms with van der Waals surface area (Å²) in [6.45, 7) is 4.99. The lowest BCUT2D eigenvalue weighted by Gasteiger charge is -2.30. The van der Waals surface area contributed by atoms with Crippen LogP contribution < -0.4 is 5.32 Å². The smallest absolute Gasteiger partial charge is 0.408 e. The molecule has 178 valence electrons. The Balaban J connectivity index is 3.12. The summed E-state index contributed by atoms with van der Waals surface area (Å²) in [7, 11) is 1.36. The zero-order chi connectivity index (χ0) is 24.2. The molecular formula is C18H24Cl6N2O5. The van der Waals surface area contributed by atoms with E-state index in [1.165, 1.54) is 13.2 Å². The van der Waals surface area contributed by atoms with Gasteiger partial charge in [-0.15, -0.1) is 0 Å². The second kappa shape index (κ2) is 11.2. The molecule has 1 aliphatic heterocycles. The SMILES string of the molecule is COC1=CC(=O)N(C(=O)[C@H](CCC(Cl)(Cl)Cl)NC(=O)OC(C)(C)C)[C@H]1CCC(Cl)(Cl)Cl. The van der Waals surface area contributed by atoms with Crippen LogP contribution in [0.1, 0.15) is 46.5 Å². The summed E-state index contributed by atoms with van der Waals surface area (Å²) in [5.74, 6) is -1.14. The zero-order valence-electron chi connectivity index (χ0n) is 17.3. The first-order valence-corrected chi connectivity index (χ1v) is 11.5. The van der Waals surface area contributed by atoms with Crippen LogP contribution in [0.2, 0.25) is 0 Å². The second-order valence-corrected chi connectivity index (χ2v) is 12.9. The molecule has 13 heteroatoms. The van der Waals surface area contributed by atoms with Crippen molar-refractivity contribution in [2.75, 3.05) is 7.11 Å². The number of hydrogen-bond acceptors (Lipinski definition) is 5. The fourth-order valence-corrected chi connectivity index (χ4v) is 3.43. The fraction of sp³-hybridized carbons (Fsp3) is 0.722. The molecule has 0 fully saturated rings. The highest BCUT2D eigenvalue weighted by Crippen LogP contribution is 2.36. The molecule has 0 saturated carbocycles. The Morgan fingerprint density at radius 2 is 1.65 bits per heavy atom. The van der Waals surface area contributed by atoms with Crippen molar-refractivity contribution in [3.05, 3.63) is 11.8 Å². The van der Waals surface area contributed by atoms with Crippen LogP contribution in [0, 0.1) is 0 Å². The first kappa shape index (κ1) is 28.7. The molecule has 31 heavy (non-hydrogen) atoms. The van der Waals surface area contributed by atoms with Crippen LogP contribution in [0.25, 0.3) is 0 Å². The van der Waals surface area contributed by atoms with Crippen LogP contribution in [0.15, 0.2) is 11.8 Å². The Labute approximate surface area is 211 Å². The number of alkyl carbamates (subject to hydrolysis) is 1. The van der Waals surface area contributed by atoms with Gasteiger partial charge in [-0.05, 0) is 46.5 Å². The number of hydrogen-bond donors (Lipinski definition) is 1. The summed E-state index contributed by atoms with van der Waals surface area (Å²) < 4.78 is 7.16. The van der Waals surface area contributed by atoms with Gasteiger partial charge in [0.25, 0.3) is 11.8 Å². The minimum absolute atomic E-state index is 0.0401. The van der Waals surface area contributed by atoms with Crippen LogP contribution in [0.5, 0.6) is 0 Å². The first-order valence-electron chi connectivity index (χ1n) is 9.19. The van der Waals surface area contributed by atoms with Gasteiger partial charge in [-0.1, -0.05) is 69.6 Å². The Kier molecular flexibility index (Phi) is 10.4. The highest BCUT2D eigenvalue weighted by atomic mass is 35.6. The van der Waals surface area contributed by atoms with Crippen LogP contribution in [-0.4, -0.2) is 55.2 Å². The van der Waals surface area contributed by atoms with E-state index in [9.17, 15) is 14.4 Å². The van der Waals surface area contributed by atoms with Gasteiger partial charge < -0.3 is 14.8 Å². The number of halogens is 6. The third-order valence-electron chi connectivity index (χ3n) is 4.02. The molecule has 1 N–H and O–H groups in total. The molecule has 1 aliphatic rings. The molecule has 0 aromatic heterocycles. The molecule has 0 bridgehead atoms. The van der Waals surface area contributed by atoms with E-state index < -0.39 is 43.2 Å². The largest absolute Gasteiger partial charge is 0.499 e. The van der Waals surface area contributed by atoms with E-state index >= 15 is 0 Å². The van der Waals surface area contributed by atoms with Crippen LogP contribution >= 0.6 is 69.6 Å². The number of ether oxygens (including phenoxy) is 2. The summed E-state index contributed by atoms with van der Waals surface area (Å²) in [6.07, 6.45) is 0.322. The van der Waals surface area contributed by atoms with Crippen molar-refractivity contribution in [2.24, 2.45) is 0 Å². The lowest BCUT2D eigenvalue weighted by molar-refractivity contribution is -0.145. The Morgan fingerprint density at radius 1 is 1.10 bits per heavy atom. The highest BCUT2D eigenvalue weighted by Gasteiger charge is 2.43. The van der Waals surface area contributed by atoms with Crippen molar-refractivity contribution < 1.29 is 23.9 Å². The van der Waals surface area contributed by atoms with Gasteiger partial charge >= 0.3 is 6.09 Å². The quantitative estimate of drug-likeness (QED) is 0.419. The van der Waals surface area contributed by atoms with E-state index in [1.807, 2.05) is 0 Å². The van der Waals surface area contributed by atoms with Gasteiger partial charge in [-0.25, -0.2) is 4.79 Å². The van der Waals surface area contributed by atoms with Crippen molar-refractivity contribution in [2.45, 2.75) is 71.7 Å². The summed E-state index contributed by atoms with van der Waals surface area (Å²) in [5, 5.41) is 2.45. The molecule has 1 heterocycles. The maximum absolute atomic E-state index is 13.3. The molecule has 3 amide bonds. The third-order valence-corrected chi connectivity index (χ3v) is 5.16. The number of nitrogens with zero attached hydrogens (tertiary/aromatic N) is 1. The topological polar surface area (TPSA) is 84.9 Å². The summed E-state index contributed by atoms with van der Waals surface area (Å²) in [6, 6.07) is -2.04. The van der Waals surface area contributed by atoms with Gasteiger partial charge in [0.1, 0.15) is 17.4 Å². The second-order valence-electron chi connectivity index (χ2n) is 7.82. The lowest BCUT2D eigenvalue weighted by Crippen LogP contribution is -2.53. The number of imide groups is 1. The number of rotatable bonds is 7. The zero-order valence-corrected chi connectivity index (χ0v) is 21.9. The molecule has 0 spiro atoms. The maximum Gasteiger partial charge on any atom is 0.408 e. The van der Waals surface area contributed by atoms with Crippen molar-refractivity contribution in [1.82, 2.24) is 10.2 Å². The van der Waals surface area contributed by atoms with E-state index in [0.29, 0.717) is 0 Å². The standard InChI is InChI=1S/C18H24Cl6N2O5/c1-16(2,3)31-15(29)25-10(5-7-17(19,20)21)14(28)26-11(6-8-18(22,23)24)12(30-4)9-13(26)27/h9-11H,5-8H2,1-4H3,(H,25,29)/t10-,11-/m0/s1. The minimum Gasteiger partial charge on any atom is -0.499 e. The highest BCUT2D eigenvalue weighted by molar-refractivity contribution is 6.67. The Bertz CT molecular complexity index is 712. The van der Waals surface area contributed by atoms with Crippen LogP contribution in [0.4, 0.5) is 4.79 Å². The lowest BCUT2D eigenvalue weighted by atomic mass is 10.1. The van der Waals surface area contributed by atoms with Gasteiger partial charge in [0.2, 0.25) is 0 Å². The van der Waals surface area contributed by atoms with Gasteiger partial charge in [0, 0.05) is 6.08 Å². The Morgan fingerprint density at radius 3 is 2.10 bits per heavy atom. The number of nitrogens with one attached hydrogen (secondary N) is 1. The Hall–Kier alpha value is -0.310. The fourth-order valence-electron chi connectivity index (χ4n) is 2.78. The normalized spacial score (nSPS) is 18.5. The molecule has 2 atom stereocenters. The first-order chi connectivity index (χ1) is 13.9. The summed E-state index contributed by atoms with van der Waals surface area (Å²) in [4.78, 5) is 39.1. The molecular weight excluding hydrogens is 537 g/mol. The van der Waals surface area contributed by atoms with E-state index in [4.69, 9.17) is 79.1 Å². The maximum atomic E-state index is 13.3. The molecule has 0 aromatic carbocycles. The van der Waals surface area contributed by atoms with Crippen LogP contribution in [-0.2, 0) is 19.1 Å². The van der Waals surface area contributed by atoms with E-state index in [1.54, 1.807) is 20.8 Å². The average Bonchev–Trinajstić information content (AvgIpc) is 2.88. The van der Waals surface area contributed by atoms with Crippen LogP contribution in [0.3, 0.4) is 0 Å². The molecule has 0 unspecified atom stereocenters. The van der Waals surface area contributed by atoms with E-state index in [2.05, 4.69) is 5.32 Å². The molecule has 0 aromatic rings. The van der Waals surface area contributed by atoms with E-state index in [-0.39, 0.29) is 31.4 Å². The summed E-state index contributed by atoms with van der Waals surface area (Å²) in [5.41, 5.74) is -0.811. The number of methoxy groups -OCH3 is 1. The number of alkyl halides is 6. The number of carbonyl (C=O) groups is 3. The van der Waals surface area contributed by atoms with Gasteiger partial charge in [-0.3, -0.25) is 14.5 Å². The predicted octanol–water partition coefficient (Wildman–Crippen LogP) is 5.45. The number of amides is 3. The minimum atomic E-state index is -1.67. The molecule has 0 aliphatic carbocycles. The molecule has 0 saturated heterocycles. The molecule has 1 rings (SSSR count). The van der Waals surface area contributed by atoms with E-state index in [0.717, 1.165) is 4.90 Å². The van der Waals surface area contributed by atoms with Gasteiger partial charge in [0.15, 0.2) is 7.59 Å². The monoisotopic (exact) mass is 558 g/mol. The third kappa shape index (κ3) is 10.4. The van der Waals surface area contributed by atoms with Crippen molar-refractivity contribution in [3.63, 3.8) is 0 Å². The molecule has 7 nitrogen and oxygen atoms in total. The number of carbonyl (C=O) groups excluding carboxylic acids is 3. The predicted molar refractivity (Wildman–Crippen MR) is 123 cm³/mol. The van der Waals surface area contributed by atoms with Crippen molar-refractivity contribution in [3.8, 4) is 0 Å².